The highest BCUT2D eigenvalue weighted by atomic mass is 19.1. The van der Waals surface area contributed by atoms with Crippen molar-refractivity contribution in [2.45, 2.75) is 12.5 Å². The van der Waals surface area contributed by atoms with E-state index in [1.807, 2.05) is 0 Å². The molecule has 0 spiro atoms. The first-order valence-electron chi connectivity index (χ1n) is 3.41. The van der Waals surface area contributed by atoms with E-state index in [2.05, 4.69) is 0 Å². The van der Waals surface area contributed by atoms with Gasteiger partial charge in [-0.05, 0) is 25.2 Å². The van der Waals surface area contributed by atoms with Crippen molar-refractivity contribution in [1.82, 2.24) is 0 Å². The number of nitrogens with two attached hydrogens (primary N) is 1. The van der Waals surface area contributed by atoms with Gasteiger partial charge in [-0.25, -0.2) is 4.39 Å². The van der Waals surface area contributed by atoms with E-state index in [0.717, 1.165) is 6.08 Å². The topological polar surface area (TPSA) is 66.5 Å². The SMILES string of the molecule is CC1(O)C=CC(O)=C(N)C(F)=C1. The maximum absolute atomic E-state index is 12.9. The Morgan fingerprint density at radius 2 is 2.17 bits per heavy atom. The van der Waals surface area contributed by atoms with Gasteiger partial charge in [0, 0.05) is 0 Å². The molecule has 0 aromatic carbocycles. The first kappa shape index (κ1) is 8.80. The molecule has 1 unspecified atom stereocenters. The molecular weight excluding hydrogens is 161 g/mol. The van der Waals surface area contributed by atoms with E-state index < -0.39 is 11.4 Å². The minimum Gasteiger partial charge on any atom is -0.506 e. The summed E-state index contributed by atoms with van der Waals surface area (Å²) >= 11 is 0. The molecule has 4 N–H and O–H groups in total. The average Bonchev–Trinajstić information content (AvgIpc) is 2.03. The number of aliphatic hydroxyl groups is 2. The van der Waals surface area contributed by atoms with Crippen LogP contribution in [-0.2, 0) is 0 Å². The lowest BCUT2D eigenvalue weighted by Gasteiger charge is -2.11. The van der Waals surface area contributed by atoms with Crippen LogP contribution in [0.4, 0.5) is 4.39 Å². The molecule has 0 aliphatic heterocycles. The van der Waals surface area contributed by atoms with Gasteiger partial charge < -0.3 is 15.9 Å². The molecule has 0 radical (unpaired) electrons. The number of halogens is 1. The van der Waals surface area contributed by atoms with E-state index in [1.165, 1.54) is 19.1 Å². The Balaban J connectivity index is 3.16. The van der Waals surface area contributed by atoms with Crippen LogP contribution in [0.2, 0.25) is 0 Å². The van der Waals surface area contributed by atoms with Gasteiger partial charge in [-0.3, -0.25) is 0 Å². The first-order valence-corrected chi connectivity index (χ1v) is 3.41. The second kappa shape index (κ2) is 2.64. The summed E-state index contributed by atoms with van der Waals surface area (Å²) in [7, 11) is 0. The minimum atomic E-state index is -1.40. The van der Waals surface area contributed by atoms with Crippen molar-refractivity contribution in [2.75, 3.05) is 0 Å². The van der Waals surface area contributed by atoms with Gasteiger partial charge in [0.1, 0.15) is 22.9 Å². The van der Waals surface area contributed by atoms with Crippen molar-refractivity contribution in [3.8, 4) is 0 Å². The summed E-state index contributed by atoms with van der Waals surface area (Å²) < 4.78 is 12.9. The molecule has 0 heterocycles. The van der Waals surface area contributed by atoms with Gasteiger partial charge in [-0.1, -0.05) is 0 Å². The molecule has 0 bridgehead atoms. The van der Waals surface area contributed by atoms with Crippen LogP contribution in [0.3, 0.4) is 0 Å². The normalized spacial score (nSPS) is 30.1. The quantitative estimate of drug-likeness (QED) is 0.507. The molecule has 1 atom stereocenters. The second-order valence-electron chi connectivity index (χ2n) is 2.85. The van der Waals surface area contributed by atoms with Crippen LogP contribution < -0.4 is 5.73 Å². The van der Waals surface area contributed by atoms with Crippen molar-refractivity contribution in [3.63, 3.8) is 0 Å². The predicted molar refractivity (Wildman–Crippen MR) is 42.8 cm³/mol. The van der Waals surface area contributed by atoms with E-state index in [-0.39, 0.29) is 11.5 Å². The number of hydrogen-bond donors (Lipinski definition) is 3. The number of rotatable bonds is 0. The lowest BCUT2D eigenvalue weighted by Crippen LogP contribution is -2.17. The minimum absolute atomic E-state index is 0.357. The van der Waals surface area contributed by atoms with Crippen molar-refractivity contribution >= 4 is 0 Å². The Hall–Kier alpha value is -1.29. The first-order chi connectivity index (χ1) is 5.42. The molecule has 0 saturated heterocycles. The Kier molecular flexibility index (Phi) is 1.94. The zero-order chi connectivity index (χ0) is 9.35. The van der Waals surface area contributed by atoms with Gasteiger partial charge in [0.2, 0.25) is 0 Å². The van der Waals surface area contributed by atoms with Gasteiger partial charge in [-0.2, -0.15) is 0 Å². The predicted octanol–water partition coefficient (Wildman–Crippen LogP) is 0.889. The van der Waals surface area contributed by atoms with E-state index in [1.54, 1.807) is 0 Å². The van der Waals surface area contributed by atoms with Crippen molar-refractivity contribution in [2.24, 2.45) is 5.73 Å². The summed E-state index contributed by atoms with van der Waals surface area (Å²) in [4.78, 5) is 0. The van der Waals surface area contributed by atoms with E-state index in [9.17, 15) is 9.50 Å². The fourth-order valence-corrected chi connectivity index (χ4v) is 0.842. The highest BCUT2D eigenvalue weighted by Crippen LogP contribution is 2.21. The van der Waals surface area contributed by atoms with E-state index >= 15 is 0 Å². The van der Waals surface area contributed by atoms with Crippen LogP contribution in [0.5, 0.6) is 0 Å². The molecule has 0 saturated carbocycles. The summed E-state index contributed by atoms with van der Waals surface area (Å²) in [5, 5.41) is 18.4. The molecule has 0 fully saturated rings. The third kappa shape index (κ3) is 1.65. The maximum Gasteiger partial charge on any atom is 0.149 e. The van der Waals surface area contributed by atoms with Crippen molar-refractivity contribution < 1.29 is 14.6 Å². The largest absolute Gasteiger partial charge is 0.506 e. The number of allylic oxidation sites excluding steroid dienone is 2. The Morgan fingerprint density at radius 1 is 1.58 bits per heavy atom. The standard InChI is InChI=1S/C8H10FNO2/c1-8(12)3-2-6(11)7(10)5(9)4-8/h2-4,11-12H,10H2,1H3. The van der Waals surface area contributed by atoms with Gasteiger partial charge in [0.25, 0.3) is 0 Å². The molecule has 66 valence electrons. The monoisotopic (exact) mass is 171 g/mol. The highest BCUT2D eigenvalue weighted by Gasteiger charge is 2.19. The van der Waals surface area contributed by atoms with Gasteiger partial charge in [0.15, 0.2) is 0 Å². The molecule has 1 aliphatic carbocycles. The van der Waals surface area contributed by atoms with Crippen LogP contribution in [0.25, 0.3) is 0 Å². The molecule has 1 rings (SSSR count). The van der Waals surface area contributed by atoms with E-state index in [0.29, 0.717) is 0 Å². The third-order valence-corrected chi connectivity index (χ3v) is 1.53. The van der Waals surface area contributed by atoms with Crippen LogP contribution in [0.1, 0.15) is 6.92 Å². The van der Waals surface area contributed by atoms with Gasteiger partial charge >= 0.3 is 0 Å². The lowest BCUT2D eigenvalue weighted by molar-refractivity contribution is 0.161. The zero-order valence-corrected chi connectivity index (χ0v) is 6.58. The maximum atomic E-state index is 12.9. The molecule has 4 heteroatoms. The highest BCUT2D eigenvalue weighted by molar-refractivity contribution is 5.37. The number of hydrogen-bond acceptors (Lipinski definition) is 3. The second-order valence-corrected chi connectivity index (χ2v) is 2.85. The molecular formula is C8H10FNO2. The van der Waals surface area contributed by atoms with Gasteiger partial charge in [-0.15, -0.1) is 0 Å². The summed E-state index contributed by atoms with van der Waals surface area (Å²) in [6, 6.07) is 0. The zero-order valence-electron chi connectivity index (χ0n) is 6.58. The fraction of sp³-hybridized carbons (Fsp3) is 0.250. The van der Waals surface area contributed by atoms with Crippen LogP contribution in [0, 0.1) is 0 Å². The van der Waals surface area contributed by atoms with Crippen molar-refractivity contribution in [1.29, 1.82) is 0 Å². The lowest BCUT2D eigenvalue weighted by atomic mass is 10.1. The van der Waals surface area contributed by atoms with Gasteiger partial charge in [0.05, 0.1) is 0 Å². The van der Waals surface area contributed by atoms with Crippen LogP contribution in [0.15, 0.2) is 35.5 Å². The Morgan fingerprint density at radius 3 is 2.75 bits per heavy atom. The molecule has 1 aliphatic rings. The molecule has 12 heavy (non-hydrogen) atoms. The average molecular weight is 171 g/mol. The molecule has 0 amide bonds. The summed E-state index contributed by atoms with van der Waals surface area (Å²) in [5.74, 6) is -1.19. The molecule has 3 nitrogen and oxygen atoms in total. The molecule has 0 aromatic rings. The Labute approximate surface area is 69.3 Å². The number of aliphatic hydroxyl groups excluding tert-OH is 1. The van der Waals surface area contributed by atoms with Crippen LogP contribution >= 0.6 is 0 Å². The smallest absolute Gasteiger partial charge is 0.149 e. The van der Waals surface area contributed by atoms with Crippen LogP contribution in [-0.4, -0.2) is 15.8 Å². The summed E-state index contributed by atoms with van der Waals surface area (Å²) in [6.45, 7) is 1.38. The van der Waals surface area contributed by atoms with Crippen molar-refractivity contribution in [3.05, 3.63) is 35.5 Å². The third-order valence-electron chi connectivity index (χ3n) is 1.53. The summed E-state index contributed by atoms with van der Waals surface area (Å²) in [6.07, 6.45) is 3.35. The fourth-order valence-electron chi connectivity index (χ4n) is 0.842. The van der Waals surface area contributed by atoms with E-state index in [4.69, 9.17) is 10.8 Å². The Bertz CT molecular complexity index is 289. The summed E-state index contributed by atoms with van der Waals surface area (Å²) in [5.41, 5.74) is 3.41. The molecule has 0 aromatic heterocycles.